The number of carboxylic acid groups (broad SMARTS) is 1. The number of aliphatic carboxylic acids is 1. The van der Waals surface area contributed by atoms with Crippen LogP contribution >= 0.6 is 0 Å². The van der Waals surface area contributed by atoms with Crippen LogP contribution in [-0.4, -0.2) is 52.1 Å². The van der Waals surface area contributed by atoms with Crippen molar-refractivity contribution < 1.29 is 23.9 Å². The van der Waals surface area contributed by atoms with Crippen molar-refractivity contribution in [3.63, 3.8) is 0 Å². The van der Waals surface area contributed by atoms with Crippen molar-refractivity contribution >= 4 is 17.9 Å². The quantitative estimate of drug-likeness (QED) is 0.432. The number of unbranched alkanes of at least 4 members (excludes halogenated alkanes) is 2. The second kappa shape index (κ2) is 11.7. The highest BCUT2D eigenvalue weighted by atomic mass is 18.2. The van der Waals surface area contributed by atoms with E-state index in [0.29, 0.717) is 38.8 Å². The summed E-state index contributed by atoms with van der Waals surface area (Å²) in [7, 11) is 0. The van der Waals surface area contributed by atoms with Gasteiger partial charge in [-0.25, -0.2) is 19.6 Å². The van der Waals surface area contributed by atoms with Crippen molar-refractivity contribution in [2.45, 2.75) is 45.1 Å². The van der Waals surface area contributed by atoms with E-state index in [4.69, 9.17) is 5.11 Å². The van der Waals surface area contributed by atoms with Gasteiger partial charge >= 0.3 is 12.0 Å². The Balaban J connectivity index is 2.10. The van der Waals surface area contributed by atoms with E-state index >= 15 is 0 Å². The third-order valence-electron chi connectivity index (χ3n) is 3.46. The SMILES string of the molecule is CCC[C@H](NC(=O)NCCCCCNC(=O)c1cnc([18F])cn1)C(=O)O. The lowest BCUT2D eigenvalue weighted by Crippen LogP contribution is -2.46. The first kappa shape index (κ1) is 21.3. The number of hydrogen-bond acceptors (Lipinski definition) is 5. The van der Waals surface area contributed by atoms with Gasteiger partial charge in [-0.15, -0.1) is 0 Å². The first-order chi connectivity index (χ1) is 12.4. The summed E-state index contributed by atoms with van der Waals surface area (Å²) in [6.07, 6.45) is 5.11. The average Bonchev–Trinajstić information content (AvgIpc) is 2.60. The third kappa shape index (κ3) is 8.36. The first-order valence-corrected chi connectivity index (χ1v) is 8.47. The molecule has 1 heterocycles. The minimum Gasteiger partial charge on any atom is -0.480 e. The normalized spacial score (nSPS) is 11.5. The van der Waals surface area contributed by atoms with Crippen LogP contribution in [0.3, 0.4) is 0 Å². The molecule has 144 valence electrons. The van der Waals surface area contributed by atoms with Crippen LogP contribution in [0.5, 0.6) is 0 Å². The molecule has 1 rings (SSSR count). The molecule has 0 aliphatic carbocycles. The fraction of sp³-hybridized carbons (Fsp3) is 0.562. The number of rotatable bonds is 11. The van der Waals surface area contributed by atoms with Gasteiger partial charge in [0.25, 0.3) is 5.91 Å². The molecule has 0 aromatic carbocycles. The molecule has 0 spiro atoms. The number of nitrogens with one attached hydrogen (secondary N) is 3. The highest BCUT2D eigenvalue weighted by molar-refractivity contribution is 5.91. The maximum absolute atomic E-state index is 12.6. The monoisotopic (exact) mass is 368 g/mol. The Morgan fingerprint density at radius 3 is 2.38 bits per heavy atom. The van der Waals surface area contributed by atoms with Crippen LogP contribution in [0.2, 0.25) is 0 Å². The van der Waals surface area contributed by atoms with Gasteiger partial charge in [0.05, 0.1) is 12.4 Å². The van der Waals surface area contributed by atoms with E-state index in [1.807, 2.05) is 6.92 Å². The van der Waals surface area contributed by atoms with Crippen molar-refractivity contribution in [2.75, 3.05) is 13.1 Å². The Hall–Kier alpha value is -2.78. The van der Waals surface area contributed by atoms with Gasteiger partial charge in [0.1, 0.15) is 11.7 Å². The minimum atomic E-state index is -1.05. The standard InChI is InChI=1S/C16H24FN5O4/c1-2-6-11(15(24)25)22-16(26)19-8-5-3-4-7-18-14(23)12-9-21-13(17)10-20-12/h9-11H,2-8H2,1H3,(H,18,23)(H,24,25)(H2,19,22,26)/t11-/m0/s1/i17-1. The molecule has 10 heteroatoms. The molecule has 3 amide bonds. The van der Waals surface area contributed by atoms with Crippen molar-refractivity contribution in [1.82, 2.24) is 25.9 Å². The molecule has 0 saturated carbocycles. The molecule has 0 saturated heterocycles. The van der Waals surface area contributed by atoms with E-state index in [1.54, 1.807) is 0 Å². The molecule has 1 atom stereocenters. The molecular formula is C16H24FN5O4. The maximum atomic E-state index is 12.6. The molecule has 1 aromatic heterocycles. The molecule has 0 bridgehead atoms. The number of carbonyl (C=O) groups excluding carboxylic acids is 2. The average molecular weight is 368 g/mol. The summed E-state index contributed by atoms with van der Waals surface area (Å²) in [6, 6.07) is -1.39. The van der Waals surface area contributed by atoms with Gasteiger partial charge in [-0.3, -0.25) is 4.79 Å². The molecule has 0 unspecified atom stereocenters. The predicted molar refractivity (Wildman–Crippen MR) is 91.0 cm³/mol. The summed E-state index contributed by atoms with van der Waals surface area (Å²) in [5.41, 5.74) is 0.0461. The zero-order valence-corrected chi connectivity index (χ0v) is 14.6. The molecular weight excluding hydrogens is 344 g/mol. The Labute approximate surface area is 150 Å². The predicted octanol–water partition coefficient (Wildman–Crippen LogP) is 1.07. The third-order valence-corrected chi connectivity index (χ3v) is 3.46. The van der Waals surface area contributed by atoms with E-state index < -0.39 is 29.9 Å². The smallest absolute Gasteiger partial charge is 0.326 e. The molecule has 4 N–H and O–H groups in total. The number of nitrogens with zero attached hydrogens (tertiary/aromatic N) is 2. The lowest BCUT2D eigenvalue weighted by atomic mass is 10.2. The van der Waals surface area contributed by atoms with E-state index in [0.717, 1.165) is 18.8 Å². The molecule has 0 radical (unpaired) electrons. The lowest BCUT2D eigenvalue weighted by Gasteiger charge is -2.14. The number of carboxylic acids is 1. The number of amides is 3. The summed E-state index contributed by atoms with van der Waals surface area (Å²) in [4.78, 5) is 41.2. The second-order valence-electron chi connectivity index (χ2n) is 5.62. The van der Waals surface area contributed by atoms with E-state index in [9.17, 15) is 18.8 Å². The number of aromatic nitrogens is 2. The van der Waals surface area contributed by atoms with Crippen molar-refractivity contribution in [1.29, 1.82) is 0 Å². The molecule has 9 nitrogen and oxygen atoms in total. The number of hydrogen-bond donors (Lipinski definition) is 4. The topological polar surface area (TPSA) is 133 Å². The summed E-state index contributed by atoms with van der Waals surface area (Å²) in [6.45, 7) is 2.67. The maximum Gasteiger partial charge on any atom is 0.326 e. The zero-order valence-electron chi connectivity index (χ0n) is 14.6. The number of carbonyl (C=O) groups is 3. The highest BCUT2D eigenvalue weighted by Crippen LogP contribution is 1.98. The van der Waals surface area contributed by atoms with Crippen LogP contribution in [0.25, 0.3) is 0 Å². The molecule has 1 aromatic rings. The van der Waals surface area contributed by atoms with Crippen LogP contribution in [0.1, 0.15) is 49.5 Å². The van der Waals surface area contributed by atoms with Gasteiger partial charge in [0, 0.05) is 13.1 Å². The van der Waals surface area contributed by atoms with Crippen LogP contribution in [-0.2, 0) is 4.79 Å². The summed E-state index contributed by atoms with van der Waals surface area (Å²) in [5, 5.41) is 16.6. The summed E-state index contributed by atoms with van der Waals surface area (Å²) >= 11 is 0. The zero-order chi connectivity index (χ0) is 19.4. The van der Waals surface area contributed by atoms with Gasteiger partial charge in [-0.2, -0.15) is 4.39 Å². The molecule has 0 aliphatic heterocycles. The van der Waals surface area contributed by atoms with Crippen LogP contribution in [0.4, 0.5) is 9.18 Å². The second-order valence-corrected chi connectivity index (χ2v) is 5.62. The van der Waals surface area contributed by atoms with Crippen molar-refractivity contribution in [3.05, 3.63) is 24.0 Å². The summed E-state index contributed by atoms with van der Waals surface area (Å²) < 4.78 is 12.6. The molecule has 0 fully saturated rings. The fourth-order valence-corrected chi connectivity index (χ4v) is 2.11. The Kier molecular flexibility index (Phi) is 9.58. The summed E-state index contributed by atoms with van der Waals surface area (Å²) in [5.74, 6) is -2.23. The van der Waals surface area contributed by atoms with Crippen LogP contribution in [0.15, 0.2) is 12.4 Å². The van der Waals surface area contributed by atoms with Gasteiger partial charge < -0.3 is 21.1 Å². The Bertz CT molecular complexity index is 597. The van der Waals surface area contributed by atoms with Crippen molar-refractivity contribution in [2.24, 2.45) is 0 Å². The highest BCUT2D eigenvalue weighted by Gasteiger charge is 2.18. The number of urea groups is 1. The Morgan fingerprint density at radius 2 is 1.81 bits per heavy atom. The number of halogens is 1. The largest absolute Gasteiger partial charge is 0.480 e. The Morgan fingerprint density at radius 1 is 1.12 bits per heavy atom. The van der Waals surface area contributed by atoms with Crippen LogP contribution < -0.4 is 16.0 Å². The van der Waals surface area contributed by atoms with Gasteiger partial charge in [0.15, 0.2) is 0 Å². The van der Waals surface area contributed by atoms with E-state index in [2.05, 4.69) is 25.9 Å². The van der Waals surface area contributed by atoms with Gasteiger partial charge in [-0.1, -0.05) is 13.3 Å². The first-order valence-electron chi connectivity index (χ1n) is 8.47. The van der Waals surface area contributed by atoms with Crippen molar-refractivity contribution in [3.8, 4) is 0 Å². The fourth-order valence-electron chi connectivity index (χ4n) is 2.11. The van der Waals surface area contributed by atoms with E-state index in [1.165, 1.54) is 0 Å². The minimum absolute atomic E-state index is 0.0461. The van der Waals surface area contributed by atoms with Gasteiger partial charge in [0.2, 0.25) is 5.95 Å². The molecule has 26 heavy (non-hydrogen) atoms. The van der Waals surface area contributed by atoms with Gasteiger partial charge in [-0.05, 0) is 25.7 Å². The van der Waals surface area contributed by atoms with E-state index in [-0.39, 0.29) is 5.69 Å². The van der Waals surface area contributed by atoms with Crippen LogP contribution in [0, 0.1) is 5.95 Å². The lowest BCUT2D eigenvalue weighted by molar-refractivity contribution is -0.139. The molecule has 0 aliphatic rings.